The number of amides is 1. The molecule has 2 aliphatic heterocycles. The predicted octanol–water partition coefficient (Wildman–Crippen LogP) is 5.37. The smallest absolute Gasteiger partial charge is 0.254 e. The van der Waals surface area contributed by atoms with E-state index in [-0.39, 0.29) is 11.3 Å². The standard InChI is InChI=1S/C33H41N5O2S/c1-33(2,3)29-24-30(37-18-16-36(17-19-37)15-7-10-26-8-5-4-6-9-26)35-32(34-29)41-25-27-11-13-28(14-12-27)31(39)38-20-22-40-23-21-38/h4-14,24H,15-23,25H2,1-3H3/b10-7+. The van der Waals surface area contributed by atoms with Gasteiger partial charge < -0.3 is 14.5 Å². The second-order valence-electron chi connectivity index (χ2n) is 11.6. The van der Waals surface area contributed by atoms with Gasteiger partial charge in [0.2, 0.25) is 0 Å². The summed E-state index contributed by atoms with van der Waals surface area (Å²) in [5.74, 6) is 1.84. The number of aromatic nitrogens is 2. The van der Waals surface area contributed by atoms with Crippen molar-refractivity contribution in [3.05, 3.63) is 89.1 Å². The van der Waals surface area contributed by atoms with Crippen molar-refractivity contribution >= 4 is 29.6 Å². The highest BCUT2D eigenvalue weighted by atomic mass is 32.2. The number of hydrogen-bond donors (Lipinski definition) is 0. The number of carbonyl (C=O) groups is 1. The number of hydrogen-bond acceptors (Lipinski definition) is 7. The molecule has 0 radical (unpaired) electrons. The third-order valence-corrected chi connectivity index (χ3v) is 8.42. The minimum absolute atomic E-state index is 0.0709. The van der Waals surface area contributed by atoms with E-state index in [0.29, 0.717) is 26.3 Å². The third kappa shape index (κ3) is 8.18. The molecule has 2 aliphatic rings. The van der Waals surface area contributed by atoms with E-state index in [0.717, 1.165) is 66.3 Å². The van der Waals surface area contributed by atoms with Crippen molar-refractivity contribution < 1.29 is 9.53 Å². The van der Waals surface area contributed by atoms with Crippen LogP contribution in [-0.4, -0.2) is 84.7 Å². The lowest BCUT2D eigenvalue weighted by Gasteiger charge is -2.35. The molecule has 3 aromatic rings. The van der Waals surface area contributed by atoms with Crippen LogP contribution < -0.4 is 4.90 Å². The van der Waals surface area contributed by atoms with Gasteiger partial charge in [-0.3, -0.25) is 9.69 Å². The van der Waals surface area contributed by atoms with Crippen molar-refractivity contribution in [2.45, 2.75) is 37.1 Å². The maximum atomic E-state index is 12.8. The first-order valence-corrected chi connectivity index (χ1v) is 15.5. The van der Waals surface area contributed by atoms with Crippen LogP contribution >= 0.6 is 11.8 Å². The van der Waals surface area contributed by atoms with Gasteiger partial charge in [-0.15, -0.1) is 0 Å². The van der Waals surface area contributed by atoms with Crippen molar-refractivity contribution in [3.8, 4) is 0 Å². The zero-order valence-corrected chi connectivity index (χ0v) is 25.3. The van der Waals surface area contributed by atoms with E-state index in [1.807, 2.05) is 35.2 Å². The van der Waals surface area contributed by atoms with Gasteiger partial charge in [0.15, 0.2) is 5.16 Å². The van der Waals surface area contributed by atoms with Crippen LogP contribution in [0.2, 0.25) is 0 Å². The first kappa shape index (κ1) is 29.3. The third-order valence-electron chi connectivity index (χ3n) is 7.50. The number of thioether (sulfide) groups is 1. The van der Waals surface area contributed by atoms with E-state index in [1.165, 1.54) is 5.56 Å². The lowest BCUT2D eigenvalue weighted by atomic mass is 9.92. The van der Waals surface area contributed by atoms with Gasteiger partial charge in [-0.25, -0.2) is 9.97 Å². The molecule has 2 aromatic carbocycles. The predicted molar refractivity (Wildman–Crippen MR) is 168 cm³/mol. The second kappa shape index (κ2) is 13.6. The van der Waals surface area contributed by atoms with E-state index in [9.17, 15) is 4.79 Å². The van der Waals surface area contributed by atoms with Crippen molar-refractivity contribution in [2.75, 3.05) is 63.9 Å². The highest BCUT2D eigenvalue weighted by Crippen LogP contribution is 2.29. The second-order valence-corrected chi connectivity index (χ2v) is 12.6. The summed E-state index contributed by atoms with van der Waals surface area (Å²) in [7, 11) is 0. The topological polar surface area (TPSA) is 61.8 Å². The lowest BCUT2D eigenvalue weighted by Crippen LogP contribution is -2.46. The summed E-state index contributed by atoms with van der Waals surface area (Å²) in [4.78, 5) is 29.5. The molecule has 41 heavy (non-hydrogen) atoms. The number of ether oxygens (including phenoxy) is 1. The van der Waals surface area contributed by atoms with Crippen molar-refractivity contribution in [1.82, 2.24) is 19.8 Å². The Bertz CT molecular complexity index is 1310. The largest absolute Gasteiger partial charge is 0.378 e. The fraction of sp³-hybridized carbons (Fsp3) is 0.424. The summed E-state index contributed by atoms with van der Waals surface area (Å²) in [6.45, 7) is 14.0. The van der Waals surface area contributed by atoms with Gasteiger partial charge in [-0.2, -0.15) is 0 Å². The molecule has 2 saturated heterocycles. The average Bonchev–Trinajstić information content (AvgIpc) is 3.01. The molecule has 8 heteroatoms. The Morgan fingerprint density at radius 3 is 2.32 bits per heavy atom. The Morgan fingerprint density at radius 2 is 1.63 bits per heavy atom. The van der Waals surface area contributed by atoms with Crippen molar-refractivity contribution in [1.29, 1.82) is 0 Å². The summed E-state index contributed by atoms with van der Waals surface area (Å²) >= 11 is 1.65. The number of morpholine rings is 1. The molecule has 0 unspecified atom stereocenters. The molecule has 7 nitrogen and oxygen atoms in total. The minimum Gasteiger partial charge on any atom is -0.378 e. The highest BCUT2D eigenvalue weighted by molar-refractivity contribution is 7.98. The molecular weight excluding hydrogens is 530 g/mol. The van der Waals surface area contributed by atoms with Gasteiger partial charge >= 0.3 is 0 Å². The van der Waals surface area contributed by atoms with Gasteiger partial charge in [0.05, 0.1) is 18.9 Å². The summed E-state index contributed by atoms with van der Waals surface area (Å²) < 4.78 is 5.37. The summed E-state index contributed by atoms with van der Waals surface area (Å²) in [6, 6.07) is 20.6. The van der Waals surface area contributed by atoms with Crippen LogP contribution in [0.15, 0.2) is 71.9 Å². The first-order valence-electron chi connectivity index (χ1n) is 14.5. The summed E-state index contributed by atoms with van der Waals surface area (Å²) in [5, 5.41) is 0.800. The lowest BCUT2D eigenvalue weighted by molar-refractivity contribution is 0.0303. The van der Waals surface area contributed by atoms with E-state index in [1.54, 1.807) is 11.8 Å². The Kier molecular flexibility index (Phi) is 9.75. The monoisotopic (exact) mass is 571 g/mol. The molecule has 0 atom stereocenters. The number of carbonyl (C=O) groups excluding carboxylic acids is 1. The van der Waals surface area contributed by atoms with Crippen LogP contribution in [0, 0.1) is 0 Å². The molecule has 0 N–H and O–H groups in total. The molecule has 1 aromatic heterocycles. The summed E-state index contributed by atoms with van der Waals surface area (Å²) in [5.41, 5.74) is 4.10. The molecule has 3 heterocycles. The number of benzene rings is 2. The fourth-order valence-corrected chi connectivity index (χ4v) is 5.73. The molecular formula is C33H41N5O2S. The van der Waals surface area contributed by atoms with Gasteiger partial charge in [0.25, 0.3) is 5.91 Å². The zero-order valence-electron chi connectivity index (χ0n) is 24.5. The summed E-state index contributed by atoms with van der Waals surface area (Å²) in [6.07, 6.45) is 4.46. The molecule has 1 amide bonds. The van der Waals surface area contributed by atoms with Gasteiger partial charge in [-0.05, 0) is 23.3 Å². The van der Waals surface area contributed by atoms with E-state index >= 15 is 0 Å². The van der Waals surface area contributed by atoms with Crippen LogP contribution in [0.4, 0.5) is 5.82 Å². The van der Waals surface area contributed by atoms with E-state index < -0.39 is 0 Å². The van der Waals surface area contributed by atoms with Crippen LogP contribution in [0.1, 0.15) is 48.0 Å². The minimum atomic E-state index is -0.0709. The maximum Gasteiger partial charge on any atom is 0.254 e. The molecule has 5 rings (SSSR count). The van der Waals surface area contributed by atoms with E-state index in [4.69, 9.17) is 14.7 Å². The average molecular weight is 572 g/mol. The molecule has 216 valence electrons. The fourth-order valence-electron chi connectivity index (χ4n) is 4.93. The Labute approximate surface area is 248 Å². The van der Waals surface area contributed by atoms with Gasteiger partial charge in [0.1, 0.15) is 5.82 Å². The highest BCUT2D eigenvalue weighted by Gasteiger charge is 2.23. The first-order chi connectivity index (χ1) is 19.8. The number of rotatable bonds is 8. The van der Waals surface area contributed by atoms with Crippen molar-refractivity contribution in [3.63, 3.8) is 0 Å². The molecule has 0 bridgehead atoms. The molecule has 0 saturated carbocycles. The van der Waals surface area contributed by atoms with Crippen LogP contribution in [-0.2, 0) is 15.9 Å². The van der Waals surface area contributed by atoms with Gasteiger partial charge in [-0.1, -0.05) is 87.1 Å². The Morgan fingerprint density at radius 1 is 0.927 bits per heavy atom. The molecule has 2 fully saturated rings. The van der Waals surface area contributed by atoms with Gasteiger partial charge in [0, 0.05) is 68.6 Å². The van der Waals surface area contributed by atoms with Crippen LogP contribution in [0.25, 0.3) is 6.08 Å². The number of nitrogens with zero attached hydrogens (tertiary/aromatic N) is 5. The Balaban J connectivity index is 1.19. The Hall–Kier alpha value is -3.20. The van der Waals surface area contributed by atoms with Crippen molar-refractivity contribution in [2.24, 2.45) is 0 Å². The normalized spacial score (nSPS) is 16.9. The molecule has 0 spiro atoms. The quantitative estimate of drug-likeness (QED) is 0.266. The van der Waals surface area contributed by atoms with Crippen LogP contribution in [0.3, 0.4) is 0 Å². The molecule has 0 aliphatic carbocycles. The van der Waals surface area contributed by atoms with Crippen LogP contribution in [0.5, 0.6) is 0 Å². The number of anilines is 1. The SMILES string of the molecule is CC(C)(C)c1cc(N2CCN(C/C=C/c3ccccc3)CC2)nc(SCc2ccc(C(=O)N3CCOCC3)cc2)n1. The zero-order chi connectivity index (χ0) is 28.7. The van der Waals surface area contributed by atoms with E-state index in [2.05, 4.69) is 73.1 Å². The number of piperazine rings is 1. The maximum absolute atomic E-state index is 12.8.